The Morgan fingerprint density at radius 2 is 1.84 bits per heavy atom. The summed E-state index contributed by atoms with van der Waals surface area (Å²) in [5.74, 6) is 6.40. The maximum atomic E-state index is 12.3. The number of alkyl carbamates (subject to hydrolysis) is 1. The Kier molecular flexibility index (Phi) is 8.05. The van der Waals surface area contributed by atoms with Gasteiger partial charge in [0.1, 0.15) is 11.4 Å². The van der Waals surface area contributed by atoms with Crippen LogP contribution in [0.5, 0.6) is 0 Å². The zero-order chi connectivity index (χ0) is 27.3. The van der Waals surface area contributed by atoms with E-state index in [9.17, 15) is 9.59 Å². The monoisotopic (exact) mass is 547 g/mol. The summed E-state index contributed by atoms with van der Waals surface area (Å²) in [6.45, 7) is 5.53. The van der Waals surface area contributed by atoms with E-state index in [2.05, 4.69) is 32.8 Å². The number of hydrogen-bond acceptors (Lipinski definition) is 6. The van der Waals surface area contributed by atoms with Gasteiger partial charge in [-0.15, -0.1) is 11.3 Å². The van der Waals surface area contributed by atoms with Crippen molar-refractivity contribution in [1.29, 1.82) is 0 Å². The van der Waals surface area contributed by atoms with E-state index in [-0.39, 0.29) is 12.6 Å². The van der Waals surface area contributed by atoms with Crippen LogP contribution in [0.25, 0.3) is 21.2 Å². The molecule has 0 saturated carbocycles. The number of hydrogen-bond donors (Lipinski definition) is 4. The summed E-state index contributed by atoms with van der Waals surface area (Å²) >= 11 is 7.48. The van der Waals surface area contributed by atoms with E-state index in [4.69, 9.17) is 22.1 Å². The lowest BCUT2D eigenvalue weighted by Gasteiger charge is -2.18. The molecule has 10 heteroatoms. The molecule has 3 amide bonds. The van der Waals surface area contributed by atoms with E-state index in [1.165, 1.54) is 11.3 Å². The van der Waals surface area contributed by atoms with E-state index in [0.29, 0.717) is 27.8 Å². The zero-order valence-electron chi connectivity index (χ0n) is 21.0. The van der Waals surface area contributed by atoms with Gasteiger partial charge in [0.05, 0.1) is 16.8 Å². The second-order valence-electron chi connectivity index (χ2n) is 9.23. The molecule has 0 atom stereocenters. The summed E-state index contributed by atoms with van der Waals surface area (Å²) in [7, 11) is 0. The van der Waals surface area contributed by atoms with Gasteiger partial charge in [0.25, 0.3) is 0 Å². The molecule has 0 radical (unpaired) electrons. The van der Waals surface area contributed by atoms with E-state index >= 15 is 0 Å². The van der Waals surface area contributed by atoms with Crippen molar-refractivity contribution in [2.75, 3.05) is 22.9 Å². The molecule has 0 aliphatic carbocycles. The highest BCUT2D eigenvalue weighted by molar-refractivity contribution is 7.18. The zero-order valence-corrected chi connectivity index (χ0v) is 22.6. The number of carbonyl (C=O) groups excluding carboxylic acids is 2. The molecular formula is C28H26ClN5O3S. The van der Waals surface area contributed by atoms with E-state index in [0.717, 1.165) is 21.2 Å². The average molecular weight is 548 g/mol. The fourth-order valence-electron chi connectivity index (χ4n) is 3.53. The van der Waals surface area contributed by atoms with Crippen LogP contribution in [0, 0.1) is 11.8 Å². The number of nitrogens with zero attached hydrogens (tertiary/aromatic N) is 1. The van der Waals surface area contributed by atoms with Gasteiger partial charge in [-0.2, -0.15) is 0 Å². The number of nitrogens with one attached hydrogen (secondary N) is 3. The van der Waals surface area contributed by atoms with Crippen molar-refractivity contribution in [2.24, 2.45) is 0 Å². The number of fused-ring (bicyclic) bond motifs is 1. The minimum absolute atomic E-state index is 0.137. The Balaban J connectivity index is 1.47. The molecule has 0 spiro atoms. The highest BCUT2D eigenvalue weighted by Crippen LogP contribution is 2.38. The number of thiophene rings is 1. The molecule has 2 heterocycles. The van der Waals surface area contributed by atoms with Crippen LogP contribution in [0.1, 0.15) is 26.3 Å². The SMILES string of the molecule is CC(C)(C)OC(=O)NCC#Cc1cnc(N)c2c(-c3ccc(NC(=O)Nc4cccc(Cl)c4)cc3)csc12. The molecule has 2 aromatic carbocycles. The largest absolute Gasteiger partial charge is 0.444 e. The summed E-state index contributed by atoms with van der Waals surface area (Å²) < 4.78 is 6.12. The molecule has 0 fully saturated rings. The average Bonchev–Trinajstić information content (AvgIpc) is 3.29. The van der Waals surface area contributed by atoms with Crippen molar-refractivity contribution < 1.29 is 14.3 Å². The van der Waals surface area contributed by atoms with Crippen molar-refractivity contribution in [3.05, 3.63) is 70.7 Å². The predicted molar refractivity (Wildman–Crippen MR) is 155 cm³/mol. The van der Waals surface area contributed by atoms with Gasteiger partial charge < -0.3 is 26.4 Å². The molecule has 0 unspecified atom stereocenters. The first-order chi connectivity index (χ1) is 18.1. The third kappa shape index (κ3) is 6.94. The number of aromatic nitrogens is 1. The van der Waals surface area contributed by atoms with Crippen molar-refractivity contribution in [1.82, 2.24) is 10.3 Å². The van der Waals surface area contributed by atoms with Gasteiger partial charge in [-0.25, -0.2) is 14.6 Å². The summed E-state index contributed by atoms with van der Waals surface area (Å²) in [4.78, 5) is 28.5. The van der Waals surface area contributed by atoms with Crippen LogP contribution >= 0.6 is 22.9 Å². The maximum Gasteiger partial charge on any atom is 0.408 e. The Morgan fingerprint density at radius 3 is 2.55 bits per heavy atom. The predicted octanol–water partition coefficient (Wildman–Crippen LogP) is 6.72. The third-order valence-corrected chi connectivity index (χ3v) is 6.35. The second kappa shape index (κ2) is 11.4. The van der Waals surface area contributed by atoms with Crippen LogP contribution in [0.15, 0.2) is 60.1 Å². The van der Waals surface area contributed by atoms with Gasteiger partial charge in [0, 0.05) is 33.5 Å². The summed E-state index contributed by atoms with van der Waals surface area (Å²) in [6.07, 6.45) is 1.11. The lowest BCUT2D eigenvalue weighted by atomic mass is 10.0. The van der Waals surface area contributed by atoms with Crippen LogP contribution < -0.4 is 21.7 Å². The number of pyridine rings is 1. The standard InChI is InChI=1S/C28H26ClN5O3S/c1-28(2,3)37-27(36)31-13-5-6-18-15-32-25(30)23-22(16-38-24(18)23)17-9-11-20(12-10-17)33-26(35)34-21-8-4-7-19(29)14-21/h4,7-12,14-16H,13H2,1-3H3,(H2,30,32)(H,31,36)(H2,33,34,35). The number of benzene rings is 2. The summed E-state index contributed by atoms with van der Waals surface area (Å²) in [6, 6.07) is 14.0. The van der Waals surface area contributed by atoms with Crippen molar-refractivity contribution in [3.63, 3.8) is 0 Å². The Hall–Kier alpha value is -4.26. The highest BCUT2D eigenvalue weighted by atomic mass is 35.5. The fraction of sp³-hybridized carbons (Fsp3) is 0.179. The number of ether oxygens (including phenoxy) is 1. The van der Waals surface area contributed by atoms with Crippen LogP contribution in [0.2, 0.25) is 5.02 Å². The molecule has 4 aromatic rings. The fourth-order valence-corrected chi connectivity index (χ4v) is 4.77. The van der Waals surface area contributed by atoms with Crippen LogP contribution in [0.4, 0.5) is 26.8 Å². The number of carbonyl (C=O) groups is 2. The molecule has 0 aliphatic rings. The van der Waals surface area contributed by atoms with Gasteiger partial charge in [-0.1, -0.05) is 41.6 Å². The normalized spacial score (nSPS) is 10.8. The van der Waals surface area contributed by atoms with Gasteiger partial charge in [-0.05, 0) is 62.0 Å². The molecule has 194 valence electrons. The van der Waals surface area contributed by atoms with Gasteiger partial charge in [0.15, 0.2) is 0 Å². The lowest BCUT2D eigenvalue weighted by molar-refractivity contribution is 0.0535. The smallest absolute Gasteiger partial charge is 0.408 e. The minimum atomic E-state index is -0.574. The van der Waals surface area contributed by atoms with E-state index in [1.54, 1.807) is 51.2 Å². The topological polar surface area (TPSA) is 118 Å². The lowest BCUT2D eigenvalue weighted by Crippen LogP contribution is -2.32. The molecule has 0 aliphatic heterocycles. The number of urea groups is 1. The minimum Gasteiger partial charge on any atom is -0.444 e. The first-order valence-electron chi connectivity index (χ1n) is 11.6. The van der Waals surface area contributed by atoms with Crippen molar-refractivity contribution in [2.45, 2.75) is 26.4 Å². The molecule has 38 heavy (non-hydrogen) atoms. The number of rotatable bonds is 4. The van der Waals surface area contributed by atoms with Crippen LogP contribution in [-0.4, -0.2) is 29.3 Å². The van der Waals surface area contributed by atoms with Gasteiger partial charge in [0.2, 0.25) is 0 Å². The van der Waals surface area contributed by atoms with Crippen molar-refractivity contribution >= 4 is 62.3 Å². The first kappa shape index (κ1) is 26.8. The summed E-state index contributed by atoms with van der Waals surface area (Å²) in [5, 5.41) is 11.5. The molecule has 2 aromatic heterocycles. The van der Waals surface area contributed by atoms with Gasteiger partial charge >= 0.3 is 12.1 Å². The van der Waals surface area contributed by atoms with Crippen LogP contribution in [0.3, 0.4) is 0 Å². The van der Waals surface area contributed by atoms with Gasteiger partial charge in [-0.3, -0.25) is 0 Å². The summed E-state index contributed by atoms with van der Waals surface area (Å²) in [5.41, 5.74) is 9.44. The number of anilines is 3. The van der Waals surface area contributed by atoms with Crippen molar-refractivity contribution in [3.8, 4) is 23.0 Å². The Labute approximate surface area is 229 Å². The Morgan fingerprint density at radius 1 is 1.11 bits per heavy atom. The molecule has 8 nitrogen and oxygen atoms in total. The molecule has 0 bridgehead atoms. The number of nitrogens with two attached hydrogens (primary N) is 1. The molecule has 0 saturated heterocycles. The number of nitrogen functional groups attached to an aromatic ring is 1. The van der Waals surface area contributed by atoms with E-state index in [1.807, 2.05) is 29.6 Å². The number of amides is 3. The first-order valence-corrected chi connectivity index (χ1v) is 12.9. The molecule has 5 N–H and O–H groups in total. The third-order valence-electron chi connectivity index (χ3n) is 5.10. The highest BCUT2D eigenvalue weighted by Gasteiger charge is 2.16. The number of halogens is 1. The maximum absolute atomic E-state index is 12.3. The molecule has 4 rings (SSSR count). The molecular weight excluding hydrogens is 522 g/mol. The Bertz CT molecular complexity index is 1550. The second-order valence-corrected chi connectivity index (χ2v) is 10.6. The van der Waals surface area contributed by atoms with Crippen LogP contribution in [-0.2, 0) is 4.74 Å². The van der Waals surface area contributed by atoms with E-state index < -0.39 is 11.7 Å². The quantitative estimate of drug-likeness (QED) is 0.211.